The van der Waals surface area contributed by atoms with E-state index < -0.39 is 5.60 Å². The molecule has 19 heavy (non-hydrogen) atoms. The van der Waals surface area contributed by atoms with Crippen LogP contribution in [0.5, 0.6) is 0 Å². The van der Waals surface area contributed by atoms with Crippen molar-refractivity contribution in [3.63, 3.8) is 0 Å². The topological polar surface area (TPSA) is 46.2 Å². The third kappa shape index (κ3) is 1.77. The summed E-state index contributed by atoms with van der Waals surface area (Å²) in [5, 5.41) is 11.1. The minimum absolute atomic E-state index is 0.325. The summed E-state index contributed by atoms with van der Waals surface area (Å²) in [4.78, 5) is 0. The van der Waals surface area contributed by atoms with Crippen LogP contribution in [0.2, 0.25) is 0 Å². The molecule has 0 heterocycles. The van der Waals surface area contributed by atoms with E-state index in [9.17, 15) is 5.11 Å². The molecule has 0 radical (unpaired) electrons. The lowest BCUT2D eigenvalue weighted by Gasteiger charge is -2.61. The van der Waals surface area contributed by atoms with Crippen LogP contribution in [-0.4, -0.2) is 16.7 Å². The summed E-state index contributed by atoms with van der Waals surface area (Å²) in [5.74, 6) is 2.23. The number of nitrogens with two attached hydrogens (primary N) is 1. The van der Waals surface area contributed by atoms with Crippen LogP contribution in [0.3, 0.4) is 0 Å². The predicted molar refractivity (Wildman–Crippen MR) is 75.5 cm³/mol. The molecule has 4 aliphatic rings. The minimum Gasteiger partial charge on any atom is -0.390 e. The zero-order valence-corrected chi connectivity index (χ0v) is 11.3. The fourth-order valence-electron chi connectivity index (χ4n) is 5.34. The maximum atomic E-state index is 11.1. The van der Waals surface area contributed by atoms with Gasteiger partial charge in [0.25, 0.3) is 0 Å². The molecule has 6 atom stereocenters. The van der Waals surface area contributed by atoms with Crippen molar-refractivity contribution in [2.45, 2.75) is 43.7 Å². The number of hydrogen-bond acceptors (Lipinski definition) is 2. The van der Waals surface area contributed by atoms with E-state index >= 15 is 0 Å². The van der Waals surface area contributed by atoms with Gasteiger partial charge in [-0.3, -0.25) is 0 Å². The second-order valence-corrected chi connectivity index (χ2v) is 7.15. The Balaban J connectivity index is 1.64. The van der Waals surface area contributed by atoms with Crippen molar-refractivity contribution < 1.29 is 5.11 Å². The zero-order valence-electron chi connectivity index (χ0n) is 11.3. The first-order valence-electron chi connectivity index (χ1n) is 7.67. The minimum atomic E-state index is -0.428. The van der Waals surface area contributed by atoms with Crippen LogP contribution in [-0.2, 0) is 6.42 Å². The largest absolute Gasteiger partial charge is 0.390 e. The summed E-state index contributed by atoms with van der Waals surface area (Å²) in [5.41, 5.74) is 7.38. The van der Waals surface area contributed by atoms with Gasteiger partial charge >= 0.3 is 0 Å². The molecule has 4 aliphatic carbocycles. The van der Waals surface area contributed by atoms with Crippen LogP contribution < -0.4 is 5.73 Å². The van der Waals surface area contributed by atoms with Gasteiger partial charge in [-0.2, -0.15) is 0 Å². The van der Waals surface area contributed by atoms with Gasteiger partial charge in [0.2, 0.25) is 0 Å². The lowest BCUT2D eigenvalue weighted by molar-refractivity contribution is -0.178. The van der Waals surface area contributed by atoms with Crippen molar-refractivity contribution in [1.82, 2.24) is 0 Å². The Labute approximate surface area is 115 Å². The SMILES string of the molecule is NC1C2CC3CC1C(Cc1ccccc1)C(O)(C3)C2. The van der Waals surface area contributed by atoms with Crippen molar-refractivity contribution in [2.75, 3.05) is 0 Å². The Morgan fingerprint density at radius 3 is 2.74 bits per heavy atom. The number of hydrogen-bond donors (Lipinski definition) is 2. The van der Waals surface area contributed by atoms with Crippen molar-refractivity contribution in [1.29, 1.82) is 0 Å². The van der Waals surface area contributed by atoms with E-state index in [-0.39, 0.29) is 0 Å². The van der Waals surface area contributed by atoms with Gasteiger partial charge in [-0.05, 0) is 61.3 Å². The highest BCUT2D eigenvalue weighted by Crippen LogP contribution is 2.58. The molecule has 1 aromatic carbocycles. The van der Waals surface area contributed by atoms with E-state index in [1.54, 1.807) is 0 Å². The fourth-order valence-corrected chi connectivity index (χ4v) is 5.34. The predicted octanol–water partition coefficient (Wildman–Crippen LogP) is 2.35. The molecule has 6 unspecified atom stereocenters. The second-order valence-electron chi connectivity index (χ2n) is 7.15. The van der Waals surface area contributed by atoms with Gasteiger partial charge in [-0.25, -0.2) is 0 Å². The Kier molecular flexibility index (Phi) is 2.55. The molecule has 0 spiro atoms. The van der Waals surface area contributed by atoms with E-state index in [2.05, 4.69) is 30.3 Å². The maximum absolute atomic E-state index is 11.1. The summed E-state index contributed by atoms with van der Waals surface area (Å²) in [6.45, 7) is 0. The van der Waals surface area contributed by atoms with E-state index in [1.807, 2.05) is 0 Å². The van der Waals surface area contributed by atoms with Crippen LogP contribution >= 0.6 is 0 Å². The number of benzene rings is 1. The summed E-state index contributed by atoms with van der Waals surface area (Å²) >= 11 is 0. The molecule has 5 rings (SSSR count). The fraction of sp³-hybridized carbons (Fsp3) is 0.647. The molecule has 4 fully saturated rings. The molecule has 2 heteroatoms. The van der Waals surface area contributed by atoms with Gasteiger partial charge in [0.1, 0.15) is 0 Å². The van der Waals surface area contributed by atoms with E-state index in [4.69, 9.17) is 5.73 Å². The molecular weight excluding hydrogens is 234 g/mol. The average molecular weight is 257 g/mol. The maximum Gasteiger partial charge on any atom is 0.0688 e. The van der Waals surface area contributed by atoms with Crippen molar-refractivity contribution in [3.8, 4) is 0 Å². The van der Waals surface area contributed by atoms with Crippen molar-refractivity contribution in [2.24, 2.45) is 29.4 Å². The van der Waals surface area contributed by atoms with Crippen molar-refractivity contribution >= 4 is 0 Å². The quantitative estimate of drug-likeness (QED) is 0.854. The van der Waals surface area contributed by atoms with Gasteiger partial charge < -0.3 is 10.8 Å². The monoisotopic (exact) mass is 257 g/mol. The Morgan fingerprint density at radius 1 is 1.16 bits per heavy atom. The molecule has 0 aliphatic heterocycles. The molecule has 1 aromatic rings. The first-order valence-corrected chi connectivity index (χ1v) is 7.67. The third-order valence-corrected chi connectivity index (χ3v) is 6.04. The molecule has 3 N–H and O–H groups in total. The van der Waals surface area contributed by atoms with Crippen molar-refractivity contribution in [3.05, 3.63) is 35.9 Å². The number of rotatable bonds is 2. The summed E-state index contributed by atoms with van der Waals surface area (Å²) in [6.07, 6.45) is 5.47. The summed E-state index contributed by atoms with van der Waals surface area (Å²) < 4.78 is 0. The normalized spacial score (nSPS) is 47.6. The molecule has 102 valence electrons. The Morgan fingerprint density at radius 2 is 1.95 bits per heavy atom. The van der Waals surface area contributed by atoms with Gasteiger partial charge in [-0.15, -0.1) is 0 Å². The zero-order chi connectivity index (χ0) is 13.0. The molecule has 0 saturated heterocycles. The molecule has 0 aromatic heterocycles. The third-order valence-electron chi connectivity index (χ3n) is 6.04. The lowest BCUT2D eigenvalue weighted by Crippen LogP contribution is -2.65. The van der Waals surface area contributed by atoms with Crippen LogP contribution in [0.1, 0.15) is 31.2 Å². The molecule has 2 nitrogen and oxygen atoms in total. The standard InChI is InChI=1S/C17H23NO/c18-16-13-6-12-7-14(16)15(17(19,9-12)10-13)8-11-4-2-1-3-5-11/h1-5,12-16,19H,6-10,18H2. The van der Waals surface area contributed by atoms with E-state index in [1.165, 1.54) is 18.4 Å². The van der Waals surface area contributed by atoms with E-state index in [0.29, 0.717) is 23.8 Å². The van der Waals surface area contributed by atoms with Crippen LogP contribution in [0.4, 0.5) is 0 Å². The van der Waals surface area contributed by atoms with Gasteiger partial charge in [0, 0.05) is 6.04 Å². The second kappa shape index (κ2) is 4.07. The van der Waals surface area contributed by atoms with Gasteiger partial charge in [-0.1, -0.05) is 30.3 Å². The lowest BCUT2D eigenvalue weighted by atomic mass is 9.47. The molecule has 4 saturated carbocycles. The van der Waals surface area contributed by atoms with Crippen LogP contribution in [0, 0.1) is 23.7 Å². The van der Waals surface area contributed by atoms with Crippen LogP contribution in [0.15, 0.2) is 30.3 Å². The van der Waals surface area contributed by atoms with Gasteiger partial charge in [0.05, 0.1) is 5.60 Å². The van der Waals surface area contributed by atoms with E-state index in [0.717, 1.165) is 25.2 Å². The average Bonchev–Trinajstić information content (AvgIpc) is 2.40. The Hall–Kier alpha value is -0.860. The number of aliphatic hydroxyl groups is 1. The first-order chi connectivity index (χ1) is 9.16. The summed E-state index contributed by atoms with van der Waals surface area (Å²) in [7, 11) is 0. The van der Waals surface area contributed by atoms with Gasteiger partial charge in [0.15, 0.2) is 0 Å². The molecular formula is C17H23NO. The summed E-state index contributed by atoms with van der Waals surface area (Å²) in [6, 6.07) is 10.9. The highest BCUT2D eigenvalue weighted by atomic mass is 16.3. The molecule has 4 bridgehead atoms. The highest BCUT2D eigenvalue weighted by Gasteiger charge is 2.59. The van der Waals surface area contributed by atoms with Crippen LogP contribution in [0.25, 0.3) is 0 Å². The smallest absolute Gasteiger partial charge is 0.0688 e. The highest BCUT2D eigenvalue weighted by molar-refractivity contribution is 5.20. The Bertz CT molecular complexity index is 473. The first kappa shape index (κ1) is 11.9. The molecule has 0 amide bonds.